The van der Waals surface area contributed by atoms with E-state index in [0.29, 0.717) is 28.6 Å². The Morgan fingerprint density at radius 3 is 2.41 bits per heavy atom. The number of aliphatic hydroxyl groups is 1. The molecule has 0 spiro atoms. The van der Waals surface area contributed by atoms with Crippen LogP contribution in [0.25, 0.3) is 0 Å². The van der Waals surface area contributed by atoms with Crippen molar-refractivity contribution in [2.75, 3.05) is 45.9 Å². The van der Waals surface area contributed by atoms with Crippen LogP contribution in [0.4, 0.5) is 0 Å². The average molecular weight is 508 g/mol. The summed E-state index contributed by atoms with van der Waals surface area (Å²) in [5.41, 5.74) is 0.397. The predicted octanol–water partition coefficient (Wildman–Crippen LogP) is 5.65. The van der Waals surface area contributed by atoms with Gasteiger partial charge in [-0.05, 0) is 81.6 Å². The first-order valence-electron chi connectivity index (χ1n) is 12.5. The fraction of sp³-hybridized carbons (Fsp3) is 0.556. The second kappa shape index (κ2) is 12.5. The summed E-state index contributed by atoms with van der Waals surface area (Å²) >= 11 is 12.1. The van der Waals surface area contributed by atoms with Gasteiger partial charge >= 0.3 is 0 Å². The van der Waals surface area contributed by atoms with Gasteiger partial charge < -0.3 is 14.6 Å². The van der Waals surface area contributed by atoms with Gasteiger partial charge in [-0.2, -0.15) is 0 Å². The molecule has 4 rings (SSSR count). The first-order valence-corrected chi connectivity index (χ1v) is 13.2. The van der Waals surface area contributed by atoms with Crippen LogP contribution in [0, 0.1) is 0 Å². The van der Waals surface area contributed by atoms with Crippen molar-refractivity contribution in [2.24, 2.45) is 0 Å². The highest BCUT2D eigenvalue weighted by Crippen LogP contribution is 2.29. The molecule has 0 unspecified atom stereocenters. The van der Waals surface area contributed by atoms with E-state index < -0.39 is 5.60 Å². The standard InChI is InChI=1S/C27H36Cl2N2O3/c28-25-9-8-24(19-26(25)29)34-21-27(32)10-5-14-31(15-11-27)20-22-6-4-7-23(18-22)33-17-16-30-12-2-1-3-13-30/h4,6-9,18-19,32H,1-3,5,10-17,20-21H2/t27-/m0/s1. The van der Waals surface area contributed by atoms with Gasteiger partial charge in [0.05, 0.1) is 15.6 Å². The summed E-state index contributed by atoms with van der Waals surface area (Å²) in [6.45, 7) is 7.01. The molecule has 2 fully saturated rings. The van der Waals surface area contributed by atoms with Crippen LogP contribution in [0.5, 0.6) is 11.5 Å². The molecule has 5 nitrogen and oxygen atoms in total. The van der Waals surface area contributed by atoms with Gasteiger partial charge in [0.1, 0.15) is 24.7 Å². The zero-order valence-corrected chi connectivity index (χ0v) is 21.4. The number of rotatable bonds is 9. The Bertz CT molecular complexity index is 922. The molecule has 1 atom stereocenters. The maximum Gasteiger partial charge on any atom is 0.121 e. The van der Waals surface area contributed by atoms with E-state index in [0.717, 1.165) is 45.0 Å². The molecule has 0 aromatic heterocycles. The van der Waals surface area contributed by atoms with Crippen molar-refractivity contribution >= 4 is 23.2 Å². The number of ether oxygens (including phenoxy) is 2. The quantitative estimate of drug-likeness (QED) is 0.475. The van der Waals surface area contributed by atoms with Crippen molar-refractivity contribution in [3.8, 4) is 11.5 Å². The third kappa shape index (κ3) is 7.76. The number of halogens is 2. The molecule has 0 bridgehead atoms. The summed E-state index contributed by atoms with van der Waals surface area (Å²) in [6.07, 6.45) is 6.28. The van der Waals surface area contributed by atoms with E-state index in [1.54, 1.807) is 18.2 Å². The minimum Gasteiger partial charge on any atom is -0.492 e. The monoisotopic (exact) mass is 506 g/mol. The number of benzene rings is 2. The molecule has 0 radical (unpaired) electrons. The van der Waals surface area contributed by atoms with Gasteiger partial charge in [0.2, 0.25) is 0 Å². The predicted molar refractivity (Wildman–Crippen MR) is 138 cm³/mol. The Hall–Kier alpha value is -1.50. The molecule has 0 aliphatic carbocycles. The fourth-order valence-electron chi connectivity index (χ4n) is 4.79. The van der Waals surface area contributed by atoms with E-state index in [-0.39, 0.29) is 6.61 Å². The summed E-state index contributed by atoms with van der Waals surface area (Å²) < 4.78 is 11.9. The van der Waals surface area contributed by atoms with E-state index in [9.17, 15) is 5.11 Å². The molecule has 34 heavy (non-hydrogen) atoms. The van der Waals surface area contributed by atoms with Crippen LogP contribution >= 0.6 is 23.2 Å². The molecule has 2 heterocycles. The molecule has 2 aliphatic heterocycles. The lowest BCUT2D eigenvalue weighted by Gasteiger charge is -2.27. The number of piperidine rings is 1. The van der Waals surface area contributed by atoms with Crippen molar-refractivity contribution in [1.82, 2.24) is 9.80 Å². The molecule has 2 aliphatic rings. The maximum absolute atomic E-state index is 11.1. The largest absolute Gasteiger partial charge is 0.492 e. The number of likely N-dealkylation sites (tertiary alicyclic amines) is 2. The molecule has 7 heteroatoms. The molecule has 2 saturated heterocycles. The Kier molecular flexibility index (Phi) is 9.38. The van der Waals surface area contributed by atoms with Crippen LogP contribution in [0.1, 0.15) is 44.1 Å². The van der Waals surface area contributed by atoms with Gasteiger partial charge in [0, 0.05) is 25.7 Å². The highest BCUT2D eigenvalue weighted by Gasteiger charge is 2.31. The van der Waals surface area contributed by atoms with Crippen LogP contribution in [0.15, 0.2) is 42.5 Å². The van der Waals surface area contributed by atoms with E-state index in [2.05, 4.69) is 28.0 Å². The van der Waals surface area contributed by atoms with E-state index in [1.165, 1.54) is 37.9 Å². The van der Waals surface area contributed by atoms with Crippen LogP contribution in [0.2, 0.25) is 10.0 Å². The minimum atomic E-state index is -0.847. The maximum atomic E-state index is 11.1. The molecule has 0 saturated carbocycles. The van der Waals surface area contributed by atoms with Crippen molar-refractivity contribution < 1.29 is 14.6 Å². The Labute approximate surface area is 213 Å². The topological polar surface area (TPSA) is 45.2 Å². The van der Waals surface area contributed by atoms with Crippen LogP contribution in [0.3, 0.4) is 0 Å². The first-order chi connectivity index (χ1) is 16.5. The smallest absolute Gasteiger partial charge is 0.121 e. The lowest BCUT2D eigenvalue weighted by molar-refractivity contribution is -0.0168. The molecule has 2 aromatic rings. The van der Waals surface area contributed by atoms with Gasteiger partial charge in [0.25, 0.3) is 0 Å². The third-order valence-electron chi connectivity index (χ3n) is 6.84. The first kappa shape index (κ1) is 25.6. The van der Waals surface area contributed by atoms with E-state index >= 15 is 0 Å². The number of hydrogen-bond donors (Lipinski definition) is 1. The zero-order chi connectivity index (χ0) is 23.8. The third-order valence-corrected chi connectivity index (χ3v) is 7.58. The van der Waals surface area contributed by atoms with Crippen LogP contribution in [-0.4, -0.2) is 66.4 Å². The van der Waals surface area contributed by atoms with Gasteiger partial charge in [0.15, 0.2) is 0 Å². The highest BCUT2D eigenvalue weighted by molar-refractivity contribution is 6.42. The SMILES string of the molecule is O[C@@]1(COc2ccc(Cl)c(Cl)c2)CCCN(Cc2cccc(OCCN3CCCCC3)c2)CC1. The van der Waals surface area contributed by atoms with Gasteiger partial charge in [-0.25, -0.2) is 0 Å². The molecule has 2 aromatic carbocycles. The van der Waals surface area contributed by atoms with E-state index in [4.69, 9.17) is 32.7 Å². The Morgan fingerprint density at radius 1 is 0.794 bits per heavy atom. The van der Waals surface area contributed by atoms with Crippen molar-refractivity contribution in [3.63, 3.8) is 0 Å². The Balaban J connectivity index is 1.23. The van der Waals surface area contributed by atoms with Crippen molar-refractivity contribution in [3.05, 3.63) is 58.1 Å². The second-order valence-corrected chi connectivity index (χ2v) is 10.4. The van der Waals surface area contributed by atoms with E-state index in [1.807, 2.05) is 6.07 Å². The van der Waals surface area contributed by atoms with Crippen LogP contribution in [-0.2, 0) is 6.54 Å². The highest BCUT2D eigenvalue weighted by atomic mass is 35.5. The summed E-state index contributed by atoms with van der Waals surface area (Å²) in [4.78, 5) is 4.90. The normalized spacial score (nSPS) is 22.3. The molecule has 0 amide bonds. The molecular formula is C27H36Cl2N2O3. The molecule has 1 N–H and O–H groups in total. The summed E-state index contributed by atoms with van der Waals surface area (Å²) in [5.74, 6) is 1.57. The average Bonchev–Trinajstić information content (AvgIpc) is 3.02. The van der Waals surface area contributed by atoms with Crippen LogP contribution < -0.4 is 9.47 Å². The van der Waals surface area contributed by atoms with Gasteiger partial charge in [-0.15, -0.1) is 0 Å². The number of hydrogen-bond acceptors (Lipinski definition) is 5. The zero-order valence-electron chi connectivity index (χ0n) is 19.9. The summed E-state index contributed by atoms with van der Waals surface area (Å²) in [7, 11) is 0. The van der Waals surface area contributed by atoms with Crippen molar-refractivity contribution in [2.45, 2.75) is 50.7 Å². The van der Waals surface area contributed by atoms with Crippen molar-refractivity contribution in [1.29, 1.82) is 0 Å². The number of nitrogens with zero attached hydrogens (tertiary/aromatic N) is 2. The summed E-state index contributed by atoms with van der Waals surface area (Å²) in [6, 6.07) is 13.6. The lowest BCUT2D eigenvalue weighted by atomic mass is 9.96. The second-order valence-electron chi connectivity index (χ2n) is 9.62. The lowest BCUT2D eigenvalue weighted by Crippen LogP contribution is -2.37. The van der Waals surface area contributed by atoms with Gasteiger partial charge in [-0.3, -0.25) is 9.80 Å². The molecular weight excluding hydrogens is 471 g/mol. The fourth-order valence-corrected chi connectivity index (χ4v) is 5.08. The minimum absolute atomic E-state index is 0.249. The van der Waals surface area contributed by atoms with Gasteiger partial charge in [-0.1, -0.05) is 41.8 Å². The Morgan fingerprint density at radius 2 is 1.59 bits per heavy atom. The molecule has 186 valence electrons. The summed E-state index contributed by atoms with van der Waals surface area (Å²) in [5, 5.41) is 12.1.